The second kappa shape index (κ2) is 5.07. The van der Waals surface area contributed by atoms with E-state index in [0.29, 0.717) is 5.56 Å². The third-order valence-electron chi connectivity index (χ3n) is 3.13. The zero-order chi connectivity index (χ0) is 12.3. The normalized spacial score (nSPS) is 16.6. The lowest BCUT2D eigenvalue weighted by Crippen LogP contribution is -2.36. The molecular formula is C13H16N2O2. The molecule has 1 aliphatic heterocycles. The fourth-order valence-electron chi connectivity index (χ4n) is 2.10. The number of methoxy groups -OCH3 is 1. The molecule has 0 amide bonds. The van der Waals surface area contributed by atoms with Gasteiger partial charge in [-0.2, -0.15) is 5.26 Å². The Morgan fingerprint density at radius 2 is 2.12 bits per heavy atom. The molecular weight excluding hydrogens is 216 g/mol. The summed E-state index contributed by atoms with van der Waals surface area (Å²) in [7, 11) is 1.62. The maximum absolute atomic E-state index is 9.48. The van der Waals surface area contributed by atoms with Crippen LogP contribution in [-0.4, -0.2) is 31.4 Å². The number of hydrogen-bond donors (Lipinski definition) is 1. The van der Waals surface area contributed by atoms with E-state index in [2.05, 4.69) is 11.0 Å². The van der Waals surface area contributed by atoms with E-state index in [1.165, 1.54) is 0 Å². The first kappa shape index (κ1) is 11.7. The molecule has 1 aromatic carbocycles. The molecule has 2 rings (SSSR count). The second-order valence-corrected chi connectivity index (χ2v) is 4.21. The van der Waals surface area contributed by atoms with Gasteiger partial charge in [0.1, 0.15) is 11.8 Å². The largest absolute Gasteiger partial charge is 0.497 e. The van der Waals surface area contributed by atoms with E-state index in [-0.39, 0.29) is 6.10 Å². The number of piperidine rings is 1. The molecule has 1 aromatic rings. The van der Waals surface area contributed by atoms with E-state index >= 15 is 0 Å². The zero-order valence-electron chi connectivity index (χ0n) is 9.89. The molecule has 0 aliphatic carbocycles. The Morgan fingerprint density at radius 1 is 1.41 bits per heavy atom. The Bertz CT molecular complexity index is 432. The van der Waals surface area contributed by atoms with Gasteiger partial charge in [-0.3, -0.25) is 0 Å². The van der Waals surface area contributed by atoms with E-state index in [0.717, 1.165) is 37.4 Å². The summed E-state index contributed by atoms with van der Waals surface area (Å²) in [5.74, 6) is 0.755. The van der Waals surface area contributed by atoms with Crippen LogP contribution in [0.25, 0.3) is 0 Å². The van der Waals surface area contributed by atoms with E-state index in [9.17, 15) is 5.11 Å². The Kier molecular flexibility index (Phi) is 3.50. The minimum atomic E-state index is -0.206. The molecule has 4 heteroatoms. The van der Waals surface area contributed by atoms with Crippen molar-refractivity contribution in [3.05, 3.63) is 23.8 Å². The first-order chi connectivity index (χ1) is 8.24. The number of anilines is 1. The molecule has 0 atom stereocenters. The Balaban J connectivity index is 2.27. The van der Waals surface area contributed by atoms with Crippen LogP contribution >= 0.6 is 0 Å². The molecule has 90 valence electrons. The van der Waals surface area contributed by atoms with Crippen molar-refractivity contribution in [1.82, 2.24) is 0 Å². The van der Waals surface area contributed by atoms with Crippen LogP contribution in [0.4, 0.5) is 5.69 Å². The average molecular weight is 232 g/mol. The van der Waals surface area contributed by atoms with Crippen molar-refractivity contribution >= 4 is 5.69 Å². The van der Waals surface area contributed by atoms with Gasteiger partial charge < -0.3 is 14.7 Å². The summed E-state index contributed by atoms with van der Waals surface area (Å²) >= 11 is 0. The lowest BCUT2D eigenvalue weighted by atomic mass is 10.1. The van der Waals surface area contributed by atoms with Gasteiger partial charge in [0.2, 0.25) is 0 Å². The summed E-state index contributed by atoms with van der Waals surface area (Å²) in [4.78, 5) is 2.13. The van der Waals surface area contributed by atoms with Gasteiger partial charge in [-0.05, 0) is 25.0 Å². The number of nitrogens with zero attached hydrogens (tertiary/aromatic N) is 2. The summed E-state index contributed by atoms with van der Waals surface area (Å²) in [6, 6.07) is 7.65. The average Bonchev–Trinajstić information content (AvgIpc) is 2.39. The van der Waals surface area contributed by atoms with Crippen molar-refractivity contribution in [3.63, 3.8) is 0 Å². The van der Waals surface area contributed by atoms with E-state index in [1.54, 1.807) is 19.2 Å². The fourth-order valence-corrected chi connectivity index (χ4v) is 2.10. The van der Waals surface area contributed by atoms with Crippen LogP contribution < -0.4 is 9.64 Å². The number of aliphatic hydroxyl groups excluding tert-OH is 1. The highest BCUT2D eigenvalue weighted by molar-refractivity contribution is 5.62. The first-order valence-electron chi connectivity index (χ1n) is 5.75. The van der Waals surface area contributed by atoms with Crippen LogP contribution in [0.3, 0.4) is 0 Å². The topological polar surface area (TPSA) is 56.5 Å². The second-order valence-electron chi connectivity index (χ2n) is 4.21. The van der Waals surface area contributed by atoms with Gasteiger partial charge >= 0.3 is 0 Å². The monoisotopic (exact) mass is 232 g/mol. The van der Waals surface area contributed by atoms with E-state index in [1.807, 2.05) is 6.07 Å². The van der Waals surface area contributed by atoms with Gasteiger partial charge in [-0.1, -0.05) is 0 Å². The molecule has 1 aliphatic rings. The molecule has 0 bridgehead atoms. The van der Waals surface area contributed by atoms with E-state index in [4.69, 9.17) is 10.00 Å². The molecule has 0 unspecified atom stereocenters. The molecule has 1 saturated heterocycles. The van der Waals surface area contributed by atoms with Gasteiger partial charge in [0, 0.05) is 19.2 Å². The predicted octanol–water partition coefficient (Wildman–Crippen LogP) is 1.53. The maximum atomic E-state index is 9.48. The molecule has 4 nitrogen and oxygen atoms in total. The summed E-state index contributed by atoms with van der Waals surface area (Å²) in [6.45, 7) is 1.56. The summed E-state index contributed by atoms with van der Waals surface area (Å²) in [5.41, 5.74) is 1.56. The standard InChI is InChI=1S/C13H16N2O2/c1-17-12-3-2-10(9-14)13(8-12)15-6-4-11(16)5-7-15/h2-3,8,11,16H,4-7H2,1H3. The van der Waals surface area contributed by atoms with Crippen LogP contribution in [0.15, 0.2) is 18.2 Å². The molecule has 1 heterocycles. The molecule has 0 saturated carbocycles. The molecule has 0 radical (unpaired) electrons. The molecule has 0 spiro atoms. The summed E-state index contributed by atoms with van der Waals surface area (Å²) in [5, 5.41) is 18.6. The lowest BCUT2D eigenvalue weighted by Gasteiger charge is -2.32. The van der Waals surface area contributed by atoms with Crippen molar-refractivity contribution < 1.29 is 9.84 Å². The molecule has 17 heavy (non-hydrogen) atoms. The lowest BCUT2D eigenvalue weighted by molar-refractivity contribution is 0.145. The Hall–Kier alpha value is -1.73. The number of ether oxygens (including phenoxy) is 1. The molecule has 1 N–H and O–H groups in total. The smallest absolute Gasteiger partial charge is 0.121 e. The van der Waals surface area contributed by atoms with Gasteiger partial charge in [0.25, 0.3) is 0 Å². The predicted molar refractivity (Wildman–Crippen MR) is 65.2 cm³/mol. The summed E-state index contributed by atoms with van der Waals surface area (Å²) in [6.07, 6.45) is 1.30. The third kappa shape index (κ3) is 2.51. The van der Waals surface area contributed by atoms with E-state index < -0.39 is 0 Å². The molecule has 1 fully saturated rings. The van der Waals surface area contributed by atoms with Crippen molar-refractivity contribution in [2.45, 2.75) is 18.9 Å². The first-order valence-corrected chi connectivity index (χ1v) is 5.75. The zero-order valence-corrected chi connectivity index (χ0v) is 9.89. The van der Waals surface area contributed by atoms with Crippen molar-refractivity contribution in [1.29, 1.82) is 5.26 Å². The van der Waals surface area contributed by atoms with Crippen molar-refractivity contribution in [3.8, 4) is 11.8 Å². The van der Waals surface area contributed by atoms with Crippen LogP contribution in [0.2, 0.25) is 0 Å². The van der Waals surface area contributed by atoms with Gasteiger partial charge in [0.05, 0.1) is 24.5 Å². The van der Waals surface area contributed by atoms with Crippen molar-refractivity contribution in [2.24, 2.45) is 0 Å². The minimum absolute atomic E-state index is 0.206. The Morgan fingerprint density at radius 3 is 2.71 bits per heavy atom. The number of aliphatic hydroxyl groups is 1. The molecule has 0 aromatic heterocycles. The van der Waals surface area contributed by atoms with Gasteiger partial charge in [-0.15, -0.1) is 0 Å². The van der Waals surface area contributed by atoms with Crippen LogP contribution in [0, 0.1) is 11.3 Å². The van der Waals surface area contributed by atoms with Crippen LogP contribution in [0.5, 0.6) is 5.75 Å². The highest BCUT2D eigenvalue weighted by Gasteiger charge is 2.19. The quantitative estimate of drug-likeness (QED) is 0.840. The number of hydrogen-bond acceptors (Lipinski definition) is 4. The highest BCUT2D eigenvalue weighted by Crippen LogP contribution is 2.28. The SMILES string of the molecule is COc1ccc(C#N)c(N2CCC(O)CC2)c1. The number of nitriles is 1. The Labute approximate surface area is 101 Å². The summed E-state index contributed by atoms with van der Waals surface area (Å²) < 4.78 is 5.18. The van der Waals surface area contributed by atoms with Gasteiger partial charge in [-0.25, -0.2) is 0 Å². The third-order valence-corrected chi connectivity index (χ3v) is 3.13. The van der Waals surface area contributed by atoms with Crippen LogP contribution in [0.1, 0.15) is 18.4 Å². The van der Waals surface area contributed by atoms with Crippen molar-refractivity contribution in [2.75, 3.05) is 25.1 Å². The van der Waals surface area contributed by atoms with Gasteiger partial charge in [0.15, 0.2) is 0 Å². The van der Waals surface area contributed by atoms with Crippen LogP contribution in [-0.2, 0) is 0 Å². The number of rotatable bonds is 2. The minimum Gasteiger partial charge on any atom is -0.497 e. The maximum Gasteiger partial charge on any atom is 0.121 e. The fraction of sp³-hybridized carbons (Fsp3) is 0.462. The highest BCUT2D eigenvalue weighted by atomic mass is 16.5. The number of benzene rings is 1.